The molecule has 1 aromatic rings. The summed E-state index contributed by atoms with van der Waals surface area (Å²) in [6, 6.07) is 7.77. The van der Waals surface area contributed by atoms with Crippen LogP contribution in [0.25, 0.3) is 0 Å². The number of halogens is 1. The van der Waals surface area contributed by atoms with Crippen molar-refractivity contribution < 1.29 is 14.3 Å². The van der Waals surface area contributed by atoms with E-state index in [1.54, 1.807) is 4.90 Å². The van der Waals surface area contributed by atoms with Gasteiger partial charge in [0.2, 0.25) is 11.8 Å². The van der Waals surface area contributed by atoms with Gasteiger partial charge >= 0.3 is 0 Å². The van der Waals surface area contributed by atoms with Crippen LogP contribution in [0.1, 0.15) is 38.2 Å². The first-order valence-electron chi connectivity index (χ1n) is 10.7. The molecular weight excluding hydrogens is 388 g/mol. The fourth-order valence-electron chi connectivity index (χ4n) is 5.65. The van der Waals surface area contributed by atoms with Gasteiger partial charge in [-0.05, 0) is 30.4 Å². The SMILES string of the molecule is C[C@H]1CCCC[C@@H]1NC(=O)[C@@H]1[C@H]2C=C[C@@]3(CN(Cc4ccccc4Cl)C(=O)[C@@H]13)O2. The van der Waals surface area contributed by atoms with Gasteiger partial charge in [0.15, 0.2) is 0 Å². The van der Waals surface area contributed by atoms with Crippen molar-refractivity contribution in [3.8, 4) is 0 Å². The lowest BCUT2D eigenvalue weighted by molar-refractivity contribution is -0.138. The zero-order valence-corrected chi connectivity index (χ0v) is 17.4. The second kappa shape index (κ2) is 7.13. The largest absolute Gasteiger partial charge is 0.360 e. The first-order valence-corrected chi connectivity index (χ1v) is 11.1. The molecule has 1 saturated carbocycles. The third-order valence-electron chi connectivity index (χ3n) is 7.24. The molecule has 1 aliphatic carbocycles. The normalized spacial score (nSPS) is 37.8. The van der Waals surface area contributed by atoms with E-state index in [-0.39, 0.29) is 24.0 Å². The number of fused-ring (bicyclic) bond motifs is 1. The Bertz CT molecular complexity index is 871. The molecule has 2 amide bonds. The summed E-state index contributed by atoms with van der Waals surface area (Å²) in [6.45, 7) is 3.11. The van der Waals surface area contributed by atoms with E-state index in [4.69, 9.17) is 16.3 Å². The third kappa shape index (κ3) is 3.10. The van der Waals surface area contributed by atoms with Gasteiger partial charge in [-0.25, -0.2) is 0 Å². The van der Waals surface area contributed by atoms with Gasteiger partial charge in [-0.2, -0.15) is 0 Å². The molecule has 154 valence electrons. The molecule has 6 atom stereocenters. The number of amides is 2. The van der Waals surface area contributed by atoms with Crippen molar-refractivity contribution in [3.63, 3.8) is 0 Å². The Morgan fingerprint density at radius 3 is 2.90 bits per heavy atom. The minimum Gasteiger partial charge on any atom is -0.360 e. The van der Waals surface area contributed by atoms with Crippen LogP contribution >= 0.6 is 11.6 Å². The minimum absolute atomic E-state index is 0.00591. The number of carbonyl (C=O) groups excluding carboxylic acids is 2. The van der Waals surface area contributed by atoms with Crippen LogP contribution in [0, 0.1) is 17.8 Å². The number of ether oxygens (including phenoxy) is 1. The summed E-state index contributed by atoms with van der Waals surface area (Å²) in [7, 11) is 0. The summed E-state index contributed by atoms with van der Waals surface area (Å²) in [5.41, 5.74) is 0.234. The van der Waals surface area contributed by atoms with Crippen molar-refractivity contribution >= 4 is 23.4 Å². The predicted octanol–water partition coefficient (Wildman–Crippen LogP) is 3.32. The van der Waals surface area contributed by atoms with Gasteiger partial charge < -0.3 is 15.0 Å². The smallest absolute Gasteiger partial charge is 0.230 e. The maximum atomic E-state index is 13.3. The molecule has 3 heterocycles. The van der Waals surface area contributed by atoms with Crippen molar-refractivity contribution in [3.05, 3.63) is 47.0 Å². The second-order valence-corrected chi connectivity index (χ2v) is 9.47. The Hall–Kier alpha value is -1.85. The second-order valence-electron chi connectivity index (χ2n) is 9.06. The summed E-state index contributed by atoms with van der Waals surface area (Å²) in [5, 5.41) is 3.90. The first kappa shape index (κ1) is 19.1. The molecule has 2 saturated heterocycles. The van der Waals surface area contributed by atoms with Gasteiger partial charge in [-0.1, -0.05) is 61.7 Å². The molecule has 5 nitrogen and oxygen atoms in total. The highest BCUT2D eigenvalue weighted by atomic mass is 35.5. The van der Waals surface area contributed by atoms with Crippen LogP contribution < -0.4 is 5.32 Å². The molecule has 3 aliphatic heterocycles. The number of hydrogen-bond acceptors (Lipinski definition) is 3. The van der Waals surface area contributed by atoms with Gasteiger partial charge in [-0.3, -0.25) is 9.59 Å². The Kier molecular flexibility index (Phi) is 4.71. The number of likely N-dealkylation sites (tertiary alicyclic amines) is 1. The van der Waals surface area contributed by atoms with E-state index < -0.39 is 17.4 Å². The maximum Gasteiger partial charge on any atom is 0.230 e. The fraction of sp³-hybridized carbons (Fsp3) is 0.565. The summed E-state index contributed by atoms with van der Waals surface area (Å²) >= 11 is 6.30. The third-order valence-corrected chi connectivity index (χ3v) is 7.61. The molecule has 6 heteroatoms. The summed E-state index contributed by atoms with van der Waals surface area (Å²) < 4.78 is 6.23. The van der Waals surface area contributed by atoms with Gasteiger partial charge in [0.25, 0.3) is 0 Å². The number of nitrogens with one attached hydrogen (secondary N) is 1. The van der Waals surface area contributed by atoms with E-state index >= 15 is 0 Å². The number of hydrogen-bond donors (Lipinski definition) is 1. The molecular formula is C23H27ClN2O3. The monoisotopic (exact) mass is 414 g/mol. The topological polar surface area (TPSA) is 58.6 Å². The van der Waals surface area contributed by atoms with Gasteiger partial charge in [0.05, 0.1) is 24.5 Å². The molecule has 1 N–H and O–H groups in total. The molecule has 29 heavy (non-hydrogen) atoms. The quantitative estimate of drug-likeness (QED) is 0.769. The van der Waals surface area contributed by atoms with Crippen LogP contribution in [0.15, 0.2) is 36.4 Å². The van der Waals surface area contributed by atoms with Crippen LogP contribution in [0.2, 0.25) is 5.02 Å². The Morgan fingerprint density at radius 1 is 1.31 bits per heavy atom. The van der Waals surface area contributed by atoms with Crippen molar-refractivity contribution in [1.29, 1.82) is 0 Å². The highest BCUT2D eigenvalue weighted by Crippen LogP contribution is 2.52. The van der Waals surface area contributed by atoms with Crippen molar-refractivity contribution in [1.82, 2.24) is 10.2 Å². The highest BCUT2D eigenvalue weighted by molar-refractivity contribution is 6.31. The van der Waals surface area contributed by atoms with E-state index in [0.29, 0.717) is 24.0 Å². The van der Waals surface area contributed by atoms with E-state index in [1.165, 1.54) is 6.42 Å². The molecule has 0 aromatic heterocycles. The Morgan fingerprint density at radius 2 is 2.10 bits per heavy atom. The average Bonchev–Trinajstić information content (AvgIpc) is 3.34. The maximum absolute atomic E-state index is 13.3. The molecule has 1 spiro atoms. The van der Waals surface area contributed by atoms with Gasteiger partial charge in [0.1, 0.15) is 5.60 Å². The fourth-order valence-corrected chi connectivity index (χ4v) is 5.85. The van der Waals surface area contributed by atoms with E-state index in [9.17, 15) is 9.59 Å². The molecule has 0 unspecified atom stereocenters. The predicted molar refractivity (Wildman–Crippen MR) is 110 cm³/mol. The number of nitrogens with zero attached hydrogens (tertiary/aromatic N) is 1. The number of carbonyl (C=O) groups is 2. The molecule has 3 fully saturated rings. The van der Waals surface area contributed by atoms with Crippen LogP contribution in [0.3, 0.4) is 0 Å². The highest BCUT2D eigenvalue weighted by Gasteiger charge is 2.66. The lowest BCUT2D eigenvalue weighted by Crippen LogP contribution is -2.49. The van der Waals surface area contributed by atoms with Crippen LogP contribution in [-0.2, 0) is 20.9 Å². The number of benzene rings is 1. The lowest BCUT2D eigenvalue weighted by Gasteiger charge is -2.32. The van der Waals surface area contributed by atoms with Crippen molar-refractivity contribution in [2.24, 2.45) is 17.8 Å². The van der Waals surface area contributed by atoms with Crippen molar-refractivity contribution in [2.45, 2.75) is 56.9 Å². The molecule has 2 bridgehead atoms. The van der Waals surface area contributed by atoms with E-state index in [0.717, 1.165) is 24.8 Å². The molecule has 4 aliphatic rings. The molecule has 0 radical (unpaired) electrons. The standard InChI is InChI=1S/C23H27ClN2O3/c1-14-6-2-5-9-17(14)25-21(27)19-18-10-11-23(29-18)13-26(22(28)20(19)23)12-15-7-3-4-8-16(15)24/h3-4,7-8,10-11,14,17-20H,2,5-6,9,12-13H2,1H3,(H,25,27)/t14-,17-,18+,19+,20+,23-/m0/s1. The zero-order chi connectivity index (χ0) is 20.2. The van der Waals surface area contributed by atoms with E-state index in [2.05, 4.69) is 12.2 Å². The molecule has 1 aromatic carbocycles. The Labute approximate surface area is 176 Å². The molecule has 5 rings (SSSR count). The first-order chi connectivity index (χ1) is 14.0. The summed E-state index contributed by atoms with van der Waals surface area (Å²) in [4.78, 5) is 28.4. The lowest BCUT2D eigenvalue weighted by atomic mass is 9.76. The van der Waals surface area contributed by atoms with Gasteiger partial charge in [-0.15, -0.1) is 0 Å². The average molecular weight is 415 g/mol. The number of rotatable bonds is 4. The Balaban J connectivity index is 1.35. The van der Waals surface area contributed by atoms with E-state index in [1.807, 2.05) is 36.4 Å². The van der Waals surface area contributed by atoms with Crippen LogP contribution in [0.5, 0.6) is 0 Å². The van der Waals surface area contributed by atoms with Gasteiger partial charge in [0, 0.05) is 17.6 Å². The zero-order valence-electron chi connectivity index (χ0n) is 16.6. The van der Waals surface area contributed by atoms with Crippen LogP contribution in [0.4, 0.5) is 0 Å². The van der Waals surface area contributed by atoms with Crippen molar-refractivity contribution in [2.75, 3.05) is 6.54 Å². The van der Waals surface area contributed by atoms with Crippen LogP contribution in [-0.4, -0.2) is 41.0 Å². The summed E-state index contributed by atoms with van der Waals surface area (Å²) in [5.74, 6) is -0.448. The summed E-state index contributed by atoms with van der Waals surface area (Å²) in [6.07, 6.45) is 8.21. The minimum atomic E-state index is -0.677.